The fourth-order valence-corrected chi connectivity index (χ4v) is 3.04. The molecular formula is C15H21N3S. The van der Waals surface area contributed by atoms with Crippen LogP contribution in [0, 0.1) is 6.92 Å². The molecule has 2 rings (SSSR count). The molecular weight excluding hydrogens is 254 g/mol. The Bertz CT molecular complexity index is 522. The molecule has 19 heavy (non-hydrogen) atoms. The smallest absolute Gasteiger partial charge is 0.0562 e. The topological polar surface area (TPSA) is 43.8 Å². The van der Waals surface area contributed by atoms with Gasteiger partial charge in [0.05, 0.1) is 11.7 Å². The molecule has 0 saturated carbocycles. The summed E-state index contributed by atoms with van der Waals surface area (Å²) in [4.78, 5) is 1.31. The zero-order valence-electron chi connectivity index (χ0n) is 11.5. The van der Waals surface area contributed by atoms with E-state index in [1.54, 1.807) is 0 Å². The maximum absolute atomic E-state index is 6.29. The predicted molar refractivity (Wildman–Crippen MR) is 81.3 cm³/mol. The van der Waals surface area contributed by atoms with Crippen molar-refractivity contribution in [3.05, 3.63) is 47.8 Å². The van der Waals surface area contributed by atoms with Crippen molar-refractivity contribution in [1.29, 1.82) is 0 Å². The van der Waals surface area contributed by atoms with Crippen LogP contribution >= 0.6 is 11.8 Å². The maximum atomic E-state index is 6.29. The molecule has 0 spiro atoms. The molecule has 2 aromatic rings. The van der Waals surface area contributed by atoms with Crippen molar-refractivity contribution < 1.29 is 0 Å². The second-order valence-electron chi connectivity index (χ2n) is 4.66. The number of aromatic nitrogens is 2. The normalized spacial score (nSPS) is 12.6. The molecule has 1 atom stereocenters. The SMILES string of the molecule is CCCn1nccc1C(N)CSc1ccccc1C. The molecule has 2 N–H and O–H groups in total. The lowest BCUT2D eigenvalue weighted by atomic mass is 10.2. The quantitative estimate of drug-likeness (QED) is 0.822. The molecule has 102 valence electrons. The van der Waals surface area contributed by atoms with E-state index in [-0.39, 0.29) is 6.04 Å². The molecule has 0 amide bonds. The first-order valence-electron chi connectivity index (χ1n) is 6.68. The summed E-state index contributed by atoms with van der Waals surface area (Å²) in [7, 11) is 0. The van der Waals surface area contributed by atoms with Crippen molar-refractivity contribution in [2.45, 2.75) is 37.8 Å². The van der Waals surface area contributed by atoms with Gasteiger partial charge < -0.3 is 5.73 Å². The number of nitrogens with zero attached hydrogens (tertiary/aromatic N) is 2. The van der Waals surface area contributed by atoms with Crippen LogP contribution in [-0.4, -0.2) is 15.5 Å². The van der Waals surface area contributed by atoms with Gasteiger partial charge in [-0.3, -0.25) is 4.68 Å². The fraction of sp³-hybridized carbons (Fsp3) is 0.400. The third-order valence-corrected chi connectivity index (χ3v) is 4.37. The third kappa shape index (κ3) is 3.61. The van der Waals surface area contributed by atoms with Crippen molar-refractivity contribution in [2.75, 3.05) is 5.75 Å². The fourth-order valence-electron chi connectivity index (χ4n) is 2.04. The second-order valence-corrected chi connectivity index (χ2v) is 5.72. The molecule has 3 nitrogen and oxygen atoms in total. The van der Waals surface area contributed by atoms with Crippen LogP contribution in [0.4, 0.5) is 0 Å². The van der Waals surface area contributed by atoms with Crippen LogP contribution in [-0.2, 0) is 6.54 Å². The van der Waals surface area contributed by atoms with Crippen LogP contribution in [0.25, 0.3) is 0 Å². The van der Waals surface area contributed by atoms with Crippen molar-refractivity contribution in [3.8, 4) is 0 Å². The van der Waals surface area contributed by atoms with E-state index in [2.05, 4.69) is 43.2 Å². The van der Waals surface area contributed by atoms with Gasteiger partial charge in [0.25, 0.3) is 0 Å². The Morgan fingerprint density at radius 3 is 2.84 bits per heavy atom. The minimum Gasteiger partial charge on any atom is -0.322 e. The zero-order chi connectivity index (χ0) is 13.7. The minimum atomic E-state index is 0.0265. The van der Waals surface area contributed by atoms with Gasteiger partial charge in [0, 0.05) is 23.4 Å². The van der Waals surface area contributed by atoms with Gasteiger partial charge in [0.1, 0.15) is 0 Å². The summed E-state index contributed by atoms with van der Waals surface area (Å²) in [5, 5.41) is 4.33. The summed E-state index contributed by atoms with van der Waals surface area (Å²) in [5.41, 5.74) is 8.72. The van der Waals surface area contributed by atoms with Crippen LogP contribution in [0.3, 0.4) is 0 Å². The highest BCUT2D eigenvalue weighted by molar-refractivity contribution is 7.99. The Balaban J connectivity index is 1.99. The van der Waals surface area contributed by atoms with E-state index in [0.717, 1.165) is 24.4 Å². The van der Waals surface area contributed by atoms with E-state index >= 15 is 0 Å². The van der Waals surface area contributed by atoms with Crippen molar-refractivity contribution >= 4 is 11.8 Å². The van der Waals surface area contributed by atoms with Crippen molar-refractivity contribution in [3.63, 3.8) is 0 Å². The number of aryl methyl sites for hydroxylation is 2. The molecule has 0 aliphatic carbocycles. The molecule has 0 saturated heterocycles. The zero-order valence-corrected chi connectivity index (χ0v) is 12.4. The van der Waals surface area contributed by atoms with Crippen molar-refractivity contribution in [1.82, 2.24) is 9.78 Å². The molecule has 1 heterocycles. The average molecular weight is 275 g/mol. The Kier molecular flexibility index (Phi) is 5.05. The van der Waals surface area contributed by atoms with Crippen LogP contribution in [0.15, 0.2) is 41.4 Å². The first kappa shape index (κ1) is 14.2. The lowest BCUT2D eigenvalue weighted by molar-refractivity contribution is 0.554. The lowest BCUT2D eigenvalue weighted by Crippen LogP contribution is -2.18. The van der Waals surface area contributed by atoms with Crippen LogP contribution < -0.4 is 5.73 Å². The van der Waals surface area contributed by atoms with Gasteiger partial charge in [0.15, 0.2) is 0 Å². The van der Waals surface area contributed by atoms with E-state index in [0.29, 0.717) is 0 Å². The highest BCUT2D eigenvalue weighted by Gasteiger charge is 2.12. The van der Waals surface area contributed by atoms with Gasteiger partial charge in [-0.2, -0.15) is 5.10 Å². The van der Waals surface area contributed by atoms with Gasteiger partial charge in [-0.25, -0.2) is 0 Å². The summed E-state index contributed by atoms with van der Waals surface area (Å²) >= 11 is 1.81. The summed E-state index contributed by atoms with van der Waals surface area (Å²) < 4.78 is 2.02. The first-order valence-corrected chi connectivity index (χ1v) is 7.66. The molecule has 0 radical (unpaired) electrons. The number of nitrogens with two attached hydrogens (primary N) is 1. The average Bonchev–Trinajstić information content (AvgIpc) is 2.86. The molecule has 0 aliphatic heterocycles. The summed E-state index contributed by atoms with van der Waals surface area (Å²) in [6.07, 6.45) is 2.91. The molecule has 4 heteroatoms. The second kappa shape index (κ2) is 6.78. The van der Waals surface area contributed by atoms with Crippen LogP contribution in [0.5, 0.6) is 0 Å². The summed E-state index contributed by atoms with van der Waals surface area (Å²) in [5.74, 6) is 0.875. The highest BCUT2D eigenvalue weighted by Crippen LogP contribution is 2.25. The number of hydrogen-bond donors (Lipinski definition) is 1. The molecule has 1 aromatic carbocycles. The Hall–Kier alpha value is -1.26. The van der Waals surface area contributed by atoms with E-state index in [4.69, 9.17) is 5.73 Å². The van der Waals surface area contributed by atoms with Gasteiger partial charge in [0.2, 0.25) is 0 Å². The third-order valence-electron chi connectivity index (χ3n) is 3.08. The van der Waals surface area contributed by atoms with Crippen molar-refractivity contribution in [2.24, 2.45) is 5.73 Å². The molecule has 1 unspecified atom stereocenters. The standard InChI is InChI=1S/C15H21N3S/c1-3-10-18-14(8-9-17-18)13(16)11-19-15-7-5-4-6-12(15)2/h4-9,13H,3,10-11,16H2,1-2H3. The number of benzene rings is 1. The summed E-state index contributed by atoms with van der Waals surface area (Å²) in [6, 6.07) is 10.5. The molecule has 0 fully saturated rings. The number of hydrogen-bond acceptors (Lipinski definition) is 3. The van der Waals surface area contributed by atoms with E-state index in [1.807, 2.05) is 28.7 Å². The van der Waals surface area contributed by atoms with Gasteiger partial charge >= 0.3 is 0 Å². The monoisotopic (exact) mass is 275 g/mol. The Labute approximate surface area is 119 Å². The predicted octanol–water partition coefficient (Wildman–Crippen LogP) is 3.39. The van der Waals surface area contributed by atoms with E-state index in [1.165, 1.54) is 10.5 Å². The molecule has 1 aromatic heterocycles. The lowest BCUT2D eigenvalue weighted by Gasteiger charge is -2.14. The minimum absolute atomic E-state index is 0.0265. The van der Waals surface area contributed by atoms with Gasteiger partial charge in [-0.15, -0.1) is 11.8 Å². The first-order chi connectivity index (χ1) is 9.22. The van der Waals surface area contributed by atoms with Gasteiger partial charge in [-0.1, -0.05) is 25.1 Å². The largest absolute Gasteiger partial charge is 0.322 e. The highest BCUT2D eigenvalue weighted by atomic mass is 32.2. The molecule has 0 aliphatic rings. The Morgan fingerprint density at radius 2 is 2.11 bits per heavy atom. The van der Waals surface area contributed by atoms with Crippen LogP contribution in [0.2, 0.25) is 0 Å². The number of thioether (sulfide) groups is 1. The van der Waals surface area contributed by atoms with E-state index in [9.17, 15) is 0 Å². The molecule has 0 bridgehead atoms. The summed E-state index contributed by atoms with van der Waals surface area (Å²) in [6.45, 7) is 5.22. The van der Waals surface area contributed by atoms with Gasteiger partial charge in [-0.05, 0) is 31.0 Å². The maximum Gasteiger partial charge on any atom is 0.0562 e. The Morgan fingerprint density at radius 1 is 1.32 bits per heavy atom. The van der Waals surface area contributed by atoms with Crippen LogP contribution in [0.1, 0.15) is 30.6 Å². The number of rotatable bonds is 6. The van der Waals surface area contributed by atoms with E-state index < -0.39 is 0 Å².